The number of benzene rings is 1. The van der Waals surface area contributed by atoms with Crippen molar-refractivity contribution in [1.29, 1.82) is 0 Å². The molecule has 0 radical (unpaired) electrons. The third kappa shape index (κ3) is 3.28. The molecule has 6 nitrogen and oxygen atoms in total. The molecule has 0 spiro atoms. The predicted molar refractivity (Wildman–Crippen MR) is 86.1 cm³/mol. The molecule has 2 N–H and O–H groups in total. The molecule has 0 fully saturated rings. The average molecular weight is 317 g/mol. The smallest absolute Gasteiger partial charge is 0.331 e. The first-order valence-corrected chi connectivity index (χ1v) is 6.99. The minimum atomic E-state index is -0.773. The summed E-state index contributed by atoms with van der Waals surface area (Å²) in [6.45, 7) is 5.22. The number of rotatable bonds is 5. The maximum Gasteiger partial charge on any atom is 0.331 e. The van der Waals surface area contributed by atoms with Crippen LogP contribution in [-0.2, 0) is 6.54 Å². The van der Waals surface area contributed by atoms with Gasteiger partial charge >= 0.3 is 5.69 Å². The van der Waals surface area contributed by atoms with Crippen molar-refractivity contribution in [2.45, 2.75) is 19.9 Å². The summed E-state index contributed by atoms with van der Waals surface area (Å²) in [6.07, 6.45) is 1.67. The van der Waals surface area contributed by atoms with Gasteiger partial charge in [-0.1, -0.05) is 25.1 Å². The molecule has 1 aromatic carbocycles. The highest BCUT2D eigenvalue weighted by Gasteiger charge is 2.18. The van der Waals surface area contributed by atoms with Crippen molar-refractivity contribution in [3.63, 3.8) is 0 Å². The molecule has 120 valence electrons. The van der Waals surface area contributed by atoms with Gasteiger partial charge in [-0.15, -0.1) is 6.58 Å². The van der Waals surface area contributed by atoms with E-state index in [9.17, 15) is 19.1 Å². The Balaban J connectivity index is 2.70. The van der Waals surface area contributed by atoms with Crippen LogP contribution in [0.2, 0.25) is 0 Å². The number of nitrogens with zero attached hydrogens (tertiary/aromatic N) is 2. The van der Waals surface area contributed by atoms with Gasteiger partial charge in [0.25, 0.3) is 5.56 Å². The molecule has 0 saturated heterocycles. The number of aromatic hydroxyl groups is 1. The third-order valence-electron chi connectivity index (χ3n) is 3.21. The van der Waals surface area contributed by atoms with E-state index in [0.29, 0.717) is 0 Å². The first-order valence-electron chi connectivity index (χ1n) is 6.99. The van der Waals surface area contributed by atoms with Crippen LogP contribution in [0.5, 0.6) is 5.88 Å². The van der Waals surface area contributed by atoms with Crippen LogP contribution in [0, 0.1) is 5.82 Å². The zero-order valence-electron chi connectivity index (χ0n) is 12.5. The van der Waals surface area contributed by atoms with Crippen LogP contribution in [-0.4, -0.2) is 20.4 Å². The van der Waals surface area contributed by atoms with E-state index in [1.54, 1.807) is 13.0 Å². The number of hydrogen-bond acceptors (Lipinski definition) is 4. The molecule has 2 rings (SSSR count). The minimum absolute atomic E-state index is 0.0190. The van der Waals surface area contributed by atoms with Crippen molar-refractivity contribution in [2.24, 2.45) is 4.99 Å². The van der Waals surface area contributed by atoms with Gasteiger partial charge in [0, 0.05) is 6.54 Å². The number of aromatic nitrogens is 2. The molecule has 0 amide bonds. The largest absolute Gasteiger partial charge is 0.494 e. The summed E-state index contributed by atoms with van der Waals surface area (Å²) in [5.74, 6) is -1.07. The van der Waals surface area contributed by atoms with Crippen LogP contribution in [0.15, 0.2) is 51.5 Å². The van der Waals surface area contributed by atoms with E-state index in [2.05, 4.69) is 16.6 Å². The Morgan fingerprint density at radius 3 is 2.74 bits per heavy atom. The summed E-state index contributed by atoms with van der Waals surface area (Å²) in [5.41, 5.74) is -1.46. The summed E-state index contributed by atoms with van der Waals surface area (Å²) >= 11 is 0. The molecule has 0 bridgehead atoms. The summed E-state index contributed by atoms with van der Waals surface area (Å²) in [5, 5.41) is 10.3. The fraction of sp³-hybridized carbons (Fsp3) is 0.188. The number of allylic oxidation sites excluding steroid dienone is 1. The van der Waals surface area contributed by atoms with Crippen molar-refractivity contribution in [2.75, 3.05) is 0 Å². The van der Waals surface area contributed by atoms with Crippen molar-refractivity contribution in [1.82, 2.24) is 9.55 Å². The molecule has 0 aliphatic carbocycles. The lowest BCUT2D eigenvalue weighted by molar-refractivity contribution is 0.409. The highest BCUT2D eigenvalue weighted by Crippen LogP contribution is 2.21. The van der Waals surface area contributed by atoms with Crippen molar-refractivity contribution in [3.05, 3.63) is 69.1 Å². The Bertz CT molecular complexity index is 881. The number of halogens is 1. The van der Waals surface area contributed by atoms with Gasteiger partial charge in [0.2, 0.25) is 5.88 Å². The summed E-state index contributed by atoms with van der Waals surface area (Å²) < 4.78 is 14.7. The molecular formula is C16H16FN3O3. The highest BCUT2D eigenvalue weighted by molar-refractivity contribution is 6.03. The summed E-state index contributed by atoms with van der Waals surface area (Å²) in [6, 6.07) is 5.83. The summed E-state index contributed by atoms with van der Waals surface area (Å²) in [4.78, 5) is 30.0. The van der Waals surface area contributed by atoms with Gasteiger partial charge < -0.3 is 5.11 Å². The second kappa shape index (κ2) is 6.87. The zero-order chi connectivity index (χ0) is 17.0. The van der Waals surface area contributed by atoms with E-state index in [1.807, 2.05) is 0 Å². The number of aromatic amines is 1. The number of nitrogens with one attached hydrogen (secondary N) is 1. The van der Waals surface area contributed by atoms with E-state index in [1.165, 1.54) is 24.3 Å². The topological polar surface area (TPSA) is 87.4 Å². The Hall–Kier alpha value is -2.96. The average Bonchev–Trinajstić information content (AvgIpc) is 2.52. The Labute approximate surface area is 131 Å². The van der Waals surface area contributed by atoms with Gasteiger partial charge in [-0.25, -0.2) is 14.2 Å². The second-order valence-corrected chi connectivity index (χ2v) is 4.72. The van der Waals surface area contributed by atoms with Gasteiger partial charge in [-0.05, 0) is 18.6 Å². The maximum atomic E-state index is 13.7. The molecule has 0 saturated carbocycles. The van der Waals surface area contributed by atoms with Gasteiger partial charge in [0.15, 0.2) is 0 Å². The van der Waals surface area contributed by atoms with Crippen LogP contribution >= 0.6 is 0 Å². The number of aliphatic imine (C=N–C) groups is 1. The fourth-order valence-electron chi connectivity index (χ4n) is 2.12. The molecule has 0 aliphatic rings. The first-order chi connectivity index (χ1) is 11.0. The molecule has 1 heterocycles. The van der Waals surface area contributed by atoms with Crippen LogP contribution < -0.4 is 11.2 Å². The molecule has 0 aliphatic heterocycles. The Morgan fingerprint density at radius 2 is 2.13 bits per heavy atom. The molecule has 2 aromatic rings. The van der Waals surface area contributed by atoms with Gasteiger partial charge in [-0.3, -0.25) is 14.3 Å². The van der Waals surface area contributed by atoms with Crippen LogP contribution in [0.25, 0.3) is 0 Å². The van der Waals surface area contributed by atoms with E-state index in [0.717, 1.165) is 4.57 Å². The molecule has 0 unspecified atom stereocenters. The molecule has 1 aromatic heterocycles. The van der Waals surface area contributed by atoms with Crippen LogP contribution in [0.1, 0.15) is 18.9 Å². The van der Waals surface area contributed by atoms with Gasteiger partial charge in [-0.2, -0.15) is 0 Å². The lowest BCUT2D eigenvalue weighted by Crippen LogP contribution is -2.33. The molecular weight excluding hydrogens is 301 g/mol. The monoisotopic (exact) mass is 317 g/mol. The van der Waals surface area contributed by atoms with E-state index in [4.69, 9.17) is 0 Å². The molecule has 7 heteroatoms. The quantitative estimate of drug-likeness (QED) is 0.654. The Kier molecular flexibility index (Phi) is 4.90. The van der Waals surface area contributed by atoms with Crippen LogP contribution in [0.4, 0.5) is 10.1 Å². The Morgan fingerprint density at radius 1 is 1.43 bits per heavy atom. The fourth-order valence-corrected chi connectivity index (χ4v) is 2.12. The summed E-state index contributed by atoms with van der Waals surface area (Å²) in [7, 11) is 0. The SMILES string of the molecule is C=CCn1c(O)c(C(CC)=Nc2ccccc2F)c(=O)[nH]c1=O. The predicted octanol–water partition coefficient (Wildman–Crippen LogP) is 2.10. The minimum Gasteiger partial charge on any atom is -0.494 e. The number of para-hydroxylation sites is 1. The van der Waals surface area contributed by atoms with E-state index < -0.39 is 22.9 Å². The van der Waals surface area contributed by atoms with E-state index >= 15 is 0 Å². The normalized spacial score (nSPS) is 11.5. The number of hydrogen-bond donors (Lipinski definition) is 2. The van der Waals surface area contributed by atoms with E-state index in [-0.39, 0.29) is 29.9 Å². The highest BCUT2D eigenvalue weighted by atomic mass is 19.1. The molecule has 23 heavy (non-hydrogen) atoms. The van der Waals surface area contributed by atoms with Gasteiger partial charge in [0.05, 0.1) is 11.4 Å². The third-order valence-corrected chi connectivity index (χ3v) is 3.21. The first kappa shape index (κ1) is 16.4. The van der Waals surface area contributed by atoms with Crippen molar-refractivity contribution in [3.8, 4) is 5.88 Å². The number of H-pyrrole nitrogens is 1. The molecule has 0 atom stereocenters. The van der Waals surface area contributed by atoms with Crippen LogP contribution in [0.3, 0.4) is 0 Å². The van der Waals surface area contributed by atoms with Crippen molar-refractivity contribution < 1.29 is 9.50 Å². The van der Waals surface area contributed by atoms with Gasteiger partial charge in [0.1, 0.15) is 11.4 Å². The zero-order valence-corrected chi connectivity index (χ0v) is 12.5. The standard InChI is InChI=1S/C16H16FN3O3/c1-3-9-20-15(22)13(14(21)19-16(20)23)11(4-2)18-12-8-6-5-7-10(12)17/h3,5-8,22H,1,4,9H2,2H3,(H,19,21,23). The maximum absolute atomic E-state index is 13.7. The van der Waals surface area contributed by atoms with Crippen molar-refractivity contribution >= 4 is 11.4 Å². The second-order valence-electron chi connectivity index (χ2n) is 4.72. The lowest BCUT2D eigenvalue weighted by Gasteiger charge is -2.11. The lowest BCUT2D eigenvalue weighted by atomic mass is 10.1.